The zero-order valence-corrected chi connectivity index (χ0v) is 12.4. The first-order chi connectivity index (χ1) is 10.1. The molecule has 1 unspecified atom stereocenters. The third kappa shape index (κ3) is 4.29. The van der Waals surface area contributed by atoms with E-state index in [1.54, 1.807) is 12.3 Å². The van der Waals surface area contributed by atoms with E-state index in [-0.39, 0.29) is 17.9 Å². The summed E-state index contributed by atoms with van der Waals surface area (Å²) >= 11 is 0. The third-order valence-electron chi connectivity index (χ3n) is 3.81. The number of hydrogen-bond acceptors (Lipinski definition) is 5. The van der Waals surface area contributed by atoms with Gasteiger partial charge < -0.3 is 4.90 Å². The fraction of sp³-hybridized carbons (Fsp3) is 0.643. The maximum Gasteiger partial charge on any atom is 0.268 e. The molecule has 1 aromatic rings. The minimum Gasteiger partial charge on any atom is -0.370 e. The number of nitrogens with two attached hydrogens (primary N) is 1. The molecule has 0 saturated carbocycles. The number of carbonyl (C=O) groups excluding carboxylic acids is 1. The van der Waals surface area contributed by atoms with Crippen LogP contribution in [0.2, 0.25) is 0 Å². The van der Waals surface area contributed by atoms with Crippen molar-refractivity contribution >= 4 is 11.6 Å². The fourth-order valence-electron chi connectivity index (χ4n) is 2.65. The van der Waals surface area contributed by atoms with Crippen LogP contribution < -0.4 is 21.7 Å². The highest BCUT2D eigenvalue weighted by Crippen LogP contribution is 2.20. The van der Waals surface area contributed by atoms with Gasteiger partial charge >= 0.3 is 0 Å². The molecule has 2 rings (SSSR count). The van der Waals surface area contributed by atoms with E-state index in [0.717, 1.165) is 25.2 Å². The van der Waals surface area contributed by atoms with Gasteiger partial charge in [-0.25, -0.2) is 10.5 Å². The maximum atomic E-state index is 12.1. The fourth-order valence-corrected chi connectivity index (χ4v) is 2.65. The summed E-state index contributed by atoms with van der Waals surface area (Å²) < 4.78 is 1.39. The van der Waals surface area contributed by atoms with Gasteiger partial charge in [0, 0.05) is 32.1 Å². The van der Waals surface area contributed by atoms with Crippen molar-refractivity contribution in [2.75, 3.05) is 18.0 Å². The lowest BCUT2D eigenvalue weighted by Crippen LogP contribution is -2.36. The quantitative estimate of drug-likeness (QED) is 0.461. The van der Waals surface area contributed by atoms with Crippen LogP contribution in [-0.2, 0) is 11.3 Å². The minimum absolute atomic E-state index is 0.126. The van der Waals surface area contributed by atoms with Crippen molar-refractivity contribution in [1.29, 1.82) is 0 Å². The summed E-state index contributed by atoms with van der Waals surface area (Å²) in [5.74, 6) is 5.42. The van der Waals surface area contributed by atoms with Gasteiger partial charge in [0.2, 0.25) is 5.91 Å². The lowest BCUT2D eigenvalue weighted by Gasteiger charge is -2.32. The molecule has 116 valence electrons. The van der Waals surface area contributed by atoms with Crippen LogP contribution in [0.4, 0.5) is 5.69 Å². The van der Waals surface area contributed by atoms with E-state index in [1.165, 1.54) is 11.1 Å². The van der Waals surface area contributed by atoms with Crippen LogP contribution in [0.5, 0.6) is 0 Å². The summed E-state index contributed by atoms with van der Waals surface area (Å²) in [7, 11) is 0. The molecule has 0 bridgehead atoms. The molecule has 0 radical (unpaired) electrons. The molecule has 7 heteroatoms. The van der Waals surface area contributed by atoms with Crippen molar-refractivity contribution < 1.29 is 4.79 Å². The summed E-state index contributed by atoms with van der Waals surface area (Å²) in [5, 5.41) is 4.20. The van der Waals surface area contributed by atoms with Crippen LogP contribution in [0.25, 0.3) is 0 Å². The van der Waals surface area contributed by atoms with Gasteiger partial charge in [-0.3, -0.25) is 15.0 Å². The predicted molar refractivity (Wildman–Crippen MR) is 80.7 cm³/mol. The molecule has 1 atom stereocenters. The van der Waals surface area contributed by atoms with Gasteiger partial charge in [-0.1, -0.05) is 6.92 Å². The van der Waals surface area contributed by atoms with Crippen LogP contribution in [0.3, 0.4) is 0 Å². The molecule has 1 aliphatic heterocycles. The maximum absolute atomic E-state index is 12.1. The molecule has 1 amide bonds. The Balaban J connectivity index is 1.97. The SMILES string of the molecule is CC1CCCN(c2cnn(CCCC(=O)NN)c(=O)c2)C1. The molecule has 3 N–H and O–H groups in total. The molecule has 7 nitrogen and oxygen atoms in total. The highest BCUT2D eigenvalue weighted by Gasteiger charge is 2.17. The van der Waals surface area contributed by atoms with Gasteiger partial charge in [-0.2, -0.15) is 5.10 Å². The standard InChI is InChI=1S/C14H23N5O2/c1-11-4-2-6-18(10-11)12-8-14(21)19(16-9-12)7-3-5-13(20)17-15/h8-9,11H,2-7,10,15H2,1H3,(H,17,20). The highest BCUT2D eigenvalue weighted by molar-refractivity contribution is 5.75. The number of rotatable bonds is 5. The van der Waals surface area contributed by atoms with E-state index >= 15 is 0 Å². The number of amides is 1. The molecule has 0 aliphatic carbocycles. The van der Waals surface area contributed by atoms with Crippen LogP contribution >= 0.6 is 0 Å². The summed E-state index contributed by atoms with van der Waals surface area (Å²) in [6, 6.07) is 1.63. The lowest BCUT2D eigenvalue weighted by atomic mass is 10.00. The number of nitrogens with zero attached hydrogens (tertiary/aromatic N) is 3. The first-order valence-electron chi connectivity index (χ1n) is 7.41. The van der Waals surface area contributed by atoms with Gasteiger partial charge in [0.1, 0.15) is 0 Å². The Morgan fingerprint density at radius 1 is 1.57 bits per heavy atom. The monoisotopic (exact) mass is 293 g/mol. The van der Waals surface area contributed by atoms with Crippen molar-refractivity contribution in [1.82, 2.24) is 15.2 Å². The molecular weight excluding hydrogens is 270 g/mol. The molecule has 0 aromatic carbocycles. The van der Waals surface area contributed by atoms with Gasteiger partial charge in [-0.05, 0) is 25.2 Å². The molecule has 0 spiro atoms. The Bertz CT molecular complexity index is 542. The normalized spacial score (nSPS) is 18.6. The number of nitrogens with one attached hydrogen (secondary N) is 1. The van der Waals surface area contributed by atoms with Gasteiger partial charge in [-0.15, -0.1) is 0 Å². The van der Waals surface area contributed by atoms with Crippen molar-refractivity contribution in [3.63, 3.8) is 0 Å². The molecular formula is C14H23N5O2. The van der Waals surface area contributed by atoms with Crippen molar-refractivity contribution in [2.24, 2.45) is 11.8 Å². The average molecular weight is 293 g/mol. The largest absolute Gasteiger partial charge is 0.370 e. The van der Waals surface area contributed by atoms with E-state index in [0.29, 0.717) is 18.9 Å². The number of aryl methyl sites for hydroxylation is 1. The Hall–Kier alpha value is -1.89. The second kappa shape index (κ2) is 7.21. The smallest absolute Gasteiger partial charge is 0.268 e. The number of anilines is 1. The van der Waals surface area contributed by atoms with E-state index in [4.69, 9.17) is 5.84 Å². The zero-order chi connectivity index (χ0) is 15.2. The molecule has 2 heterocycles. The van der Waals surface area contributed by atoms with E-state index in [9.17, 15) is 9.59 Å². The zero-order valence-electron chi connectivity index (χ0n) is 12.4. The topological polar surface area (TPSA) is 93.2 Å². The Morgan fingerprint density at radius 3 is 3.05 bits per heavy atom. The Labute approximate surface area is 124 Å². The van der Waals surface area contributed by atoms with Gasteiger partial charge in [0.15, 0.2) is 0 Å². The molecule has 1 aliphatic rings. The number of hydrogen-bond donors (Lipinski definition) is 2. The second-order valence-corrected chi connectivity index (χ2v) is 5.64. The summed E-state index contributed by atoms with van der Waals surface area (Å²) in [6.45, 7) is 4.60. The molecule has 21 heavy (non-hydrogen) atoms. The number of piperidine rings is 1. The van der Waals surface area contributed by atoms with Gasteiger partial charge in [0.25, 0.3) is 5.56 Å². The van der Waals surface area contributed by atoms with E-state index in [2.05, 4.69) is 22.3 Å². The van der Waals surface area contributed by atoms with Crippen LogP contribution in [0.15, 0.2) is 17.1 Å². The summed E-state index contributed by atoms with van der Waals surface area (Å²) in [5.41, 5.74) is 2.83. The number of hydrazine groups is 1. The Morgan fingerprint density at radius 2 is 2.38 bits per heavy atom. The van der Waals surface area contributed by atoms with Crippen LogP contribution in [0.1, 0.15) is 32.6 Å². The molecule has 1 fully saturated rings. The lowest BCUT2D eigenvalue weighted by molar-refractivity contribution is -0.121. The Kier molecular flexibility index (Phi) is 5.32. The van der Waals surface area contributed by atoms with Crippen LogP contribution in [-0.4, -0.2) is 28.8 Å². The highest BCUT2D eigenvalue weighted by atomic mass is 16.2. The van der Waals surface area contributed by atoms with E-state index < -0.39 is 0 Å². The van der Waals surface area contributed by atoms with Crippen molar-refractivity contribution in [3.8, 4) is 0 Å². The van der Waals surface area contributed by atoms with Crippen LogP contribution in [0, 0.1) is 5.92 Å². The van der Waals surface area contributed by atoms with Crippen molar-refractivity contribution in [3.05, 3.63) is 22.6 Å². The molecule has 1 saturated heterocycles. The van der Waals surface area contributed by atoms with E-state index in [1.807, 2.05) is 0 Å². The first-order valence-corrected chi connectivity index (χ1v) is 7.41. The minimum atomic E-state index is -0.234. The van der Waals surface area contributed by atoms with Gasteiger partial charge in [0.05, 0.1) is 11.9 Å². The number of carbonyl (C=O) groups is 1. The predicted octanol–water partition coefficient (Wildman–Crippen LogP) is 0.250. The second-order valence-electron chi connectivity index (χ2n) is 5.64. The summed E-state index contributed by atoms with van der Waals surface area (Å²) in [6.07, 6.45) is 4.96. The van der Waals surface area contributed by atoms with Crippen molar-refractivity contribution in [2.45, 2.75) is 39.2 Å². The first kappa shape index (κ1) is 15.5. The number of aromatic nitrogens is 2. The average Bonchev–Trinajstić information content (AvgIpc) is 2.48. The summed E-state index contributed by atoms with van der Waals surface area (Å²) in [4.78, 5) is 25.3. The molecule has 1 aromatic heterocycles. The third-order valence-corrected chi connectivity index (χ3v) is 3.81.